The molecule has 1 fully saturated rings. The van der Waals surface area contributed by atoms with Crippen LogP contribution in [0.1, 0.15) is 41.7 Å². The predicted octanol–water partition coefficient (Wildman–Crippen LogP) is 5.40. The number of nitrogens with two attached hydrogens (primary N) is 1. The van der Waals surface area contributed by atoms with Crippen molar-refractivity contribution in [3.05, 3.63) is 74.8 Å². The molecule has 1 aliphatic rings. The lowest BCUT2D eigenvalue weighted by atomic mass is 9.86. The van der Waals surface area contributed by atoms with Gasteiger partial charge in [0.2, 0.25) is 5.91 Å². The summed E-state index contributed by atoms with van der Waals surface area (Å²) >= 11 is 0. The number of primary amides is 1. The quantitative estimate of drug-likeness (QED) is 0.364. The van der Waals surface area contributed by atoms with E-state index in [1.165, 1.54) is 0 Å². The molecule has 4 rings (SSSR count). The van der Waals surface area contributed by atoms with Gasteiger partial charge in [-0.3, -0.25) is 9.59 Å². The summed E-state index contributed by atoms with van der Waals surface area (Å²) in [6.07, 6.45) is -13.9. The SMILES string of the molecule is NC(=O)C1CCN(c2ncc(C(F)(F)F)cc2F)C(Cc2ccc(C(F)(F)F)c(-c3nc(C(F)F)cc(=O)[nH]3)c2F)C1. The van der Waals surface area contributed by atoms with Gasteiger partial charge in [-0.1, -0.05) is 6.07 Å². The monoisotopic (exact) mass is 611 g/mol. The molecule has 3 heterocycles. The van der Waals surface area contributed by atoms with Crippen molar-refractivity contribution in [2.75, 3.05) is 11.4 Å². The van der Waals surface area contributed by atoms with Gasteiger partial charge < -0.3 is 15.6 Å². The number of carbonyl (C=O) groups is 1. The number of nitrogens with one attached hydrogen (secondary N) is 1. The number of H-pyrrole nitrogens is 1. The van der Waals surface area contributed by atoms with E-state index < -0.39 is 99.8 Å². The van der Waals surface area contributed by atoms with E-state index >= 15 is 4.39 Å². The Labute approximate surface area is 229 Å². The van der Waals surface area contributed by atoms with Gasteiger partial charge in [0.25, 0.3) is 12.0 Å². The summed E-state index contributed by atoms with van der Waals surface area (Å²) in [7, 11) is 0. The molecule has 3 N–H and O–H groups in total. The summed E-state index contributed by atoms with van der Waals surface area (Å²) in [4.78, 5) is 33.6. The van der Waals surface area contributed by atoms with Crippen LogP contribution < -0.4 is 16.2 Å². The first kappa shape index (κ1) is 30.8. The first-order valence-electron chi connectivity index (χ1n) is 12.0. The van der Waals surface area contributed by atoms with E-state index in [-0.39, 0.29) is 25.5 Å². The second-order valence-corrected chi connectivity index (χ2v) is 9.48. The van der Waals surface area contributed by atoms with Crippen LogP contribution in [0, 0.1) is 17.6 Å². The molecule has 3 aromatic rings. The fourth-order valence-electron chi connectivity index (χ4n) is 4.78. The lowest BCUT2D eigenvalue weighted by molar-refractivity contribution is -0.138. The molecule has 7 nitrogen and oxygen atoms in total. The van der Waals surface area contributed by atoms with Crippen molar-refractivity contribution in [3.63, 3.8) is 0 Å². The third-order valence-corrected chi connectivity index (χ3v) is 6.74. The molecule has 0 aliphatic carbocycles. The number of aromatic amines is 1. The van der Waals surface area contributed by atoms with Crippen LogP contribution in [-0.2, 0) is 23.6 Å². The van der Waals surface area contributed by atoms with Crippen LogP contribution in [0.25, 0.3) is 11.4 Å². The van der Waals surface area contributed by atoms with Gasteiger partial charge in [0.15, 0.2) is 11.6 Å². The zero-order valence-corrected chi connectivity index (χ0v) is 21.0. The number of hydrogen-bond donors (Lipinski definition) is 2. The van der Waals surface area contributed by atoms with Crippen LogP contribution in [0.5, 0.6) is 0 Å². The fraction of sp³-hybridized carbons (Fsp3) is 0.360. The fourth-order valence-corrected chi connectivity index (χ4v) is 4.78. The van der Waals surface area contributed by atoms with Crippen LogP contribution in [0.2, 0.25) is 0 Å². The van der Waals surface area contributed by atoms with Gasteiger partial charge in [0, 0.05) is 30.8 Å². The first-order valence-corrected chi connectivity index (χ1v) is 12.0. The second kappa shape index (κ2) is 11.2. The number of anilines is 1. The van der Waals surface area contributed by atoms with Gasteiger partial charge >= 0.3 is 12.4 Å². The van der Waals surface area contributed by atoms with E-state index in [9.17, 15) is 49.1 Å². The Balaban J connectivity index is 1.82. The number of nitrogens with zero attached hydrogens (tertiary/aromatic N) is 3. The van der Waals surface area contributed by atoms with E-state index in [1.807, 2.05) is 4.98 Å². The average Bonchev–Trinajstić information content (AvgIpc) is 2.88. The van der Waals surface area contributed by atoms with Crippen molar-refractivity contribution in [1.82, 2.24) is 15.0 Å². The summed E-state index contributed by atoms with van der Waals surface area (Å²) in [5.41, 5.74) is -1.98. The van der Waals surface area contributed by atoms with Crippen molar-refractivity contribution in [2.45, 2.75) is 44.1 Å². The molecule has 1 saturated heterocycles. The van der Waals surface area contributed by atoms with Gasteiger partial charge in [-0.15, -0.1) is 0 Å². The molecule has 0 bridgehead atoms. The second-order valence-electron chi connectivity index (χ2n) is 9.48. The minimum absolute atomic E-state index is 0.0142. The number of piperidine rings is 1. The molecule has 1 amide bonds. The van der Waals surface area contributed by atoms with E-state index in [0.29, 0.717) is 18.3 Å². The highest BCUT2D eigenvalue weighted by Gasteiger charge is 2.39. The summed E-state index contributed by atoms with van der Waals surface area (Å²) in [5, 5.41) is 0. The molecule has 226 valence electrons. The average molecular weight is 611 g/mol. The Kier molecular flexibility index (Phi) is 8.24. The Morgan fingerprint density at radius 1 is 1.10 bits per heavy atom. The molecule has 1 aliphatic heterocycles. The van der Waals surface area contributed by atoms with E-state index in [4.69, 9.17) is 5.73 Å². The molecule has 2 unspecified atom stereocenters. The van der Waals surface area contributed by atoms with Crippen molar-refractivity contribution in [2.24, 2.45) is 11.7 Å². The molecule has 42 heavy (non-hydrogen) atoms. The van der Waals surface area contributed by atoms with Gasteiger partial charge in [0.1, 0.15) is 17.3 Å². The van der Waals surface area contributed by atoms with E-state index in [2.05, 4.69) is 9.97 Å². The number of aromatic nitrogens is 3. The zero-order chi connectivity index (χ0) is 31.1. The third-order valence-electron chi connectivity index (χ3n) is 6.74. The normalized spacial score (nSPS) is 18.0. The number of amides is 1. The van der Waals surface area contributed by atoms with Crippen LogP contribution in [0.3, 0.4) is 0 Å². The maximum atomic E-state index is 15.8. The Hall–Kier alpha value is -4.18. The van der Waals surface area contributed by atoms with Crippen molar-refractivity contribution < 1.29 is 48.7 Å². The number of carbonyl (C=O) groups excluding carboxylic acids is 1. The summed E-state index contributed by atoms with van der Waals surface area (Å²) < 4.78 is 138. The van der Waals surface area contributed by atoms with E-state index in [1.54, 1.807) is 0 Å². The van der Waals surface area contributed by atoms with Crippen LogP contribution >= 0.6 is 0 Å². The number of pyridine rings is 1. The molecular formula is C25H19F10N5O2. The molecule has 2 atom stereocenters. The molecule has 0 saturated carbocycles. The molecule has 17 heteroatoms. The highest BCUT2D eigenvalue weighted by molar-refractivity contribution is 5.77. The summed E-state index contributed by atoms with van der Waals surface area (Å²) in [6, 6.07) is 0.554. The van der Waals surface area contributed by atoms with Crippen molar-refractivity contribution in [1.29, 1.82) is 0 Å². The van der Waals surface area contributed by atoms with Gasteiger partial charge in [-0.2, -0.15) is 26.3 Å². The predicted molar refractivity (Wildman–Crippen MR) is 126 cm³/mol. The minimum Gasteiger partial charge on any atom is -0.369 e. The number of rotatable bonds is 6. The number of benzene rings is 1. The minimum atomic E-state index is -5.23. The Bertz CT molecular complexity index is 1550. The van der Waals surface area contributed by atoms with Crippen LogP contribution in [-0.4, -0.2) is 33.4 Å². The first-order chi connectivity index (χ1) is 19.5. The molecular weight excluding hydrogens is 592 g/mol. The number of halogens is 10. The van der Waals surface area contributed by atoms with Gasteiger partial charge in [-0.05, 0) is 37.0 Å². The molecule has 2 aromatic heterocycles. The zero-order valence-electron chi connectivity index (χ0n) is 21.0. The lowest BCUT2D eigenvalue weighted by Crippen LogP contribution is -2.47. The van der Waals surface area contributed by atoms with Crippen LogP contribution in [0.15, 0.2) is 35.3 Å². The van der Waals surface area contributed by atoms with E-state index in [0.717, 1.165) is 11.0 Å². The Morgan fingerprint density at radius 2 is 1.79 bits per heavy atom. The third kappa shape index (κ3) is 6.33. The number of alkyl halides is 8. The Morgan fingerprint density at radius 3 is 2.36 bits per heavy atom. The highest BCUT2D eigenvalue weighted by atomic mass is 19.4. The van der Waals surface area contributed by atoms with Crippen LogP contribution in [0.4, 0.5) is 49.7 Å². The maximum absolute atomic E-state index is 15.8. The maximum Gasteiger partial charge on any atom is 0.417 e. The lowest BCUT2D eigenvalue weighted by Gasteiger charge is -2.40. The number of hydrogen-bond acceptors (Lipinski definition) is 5. The summed E-state index contributed by atoms with van der Waals surface area (Å²) in [6.45, 7) is -0.187. The van der Waals surface area contributed by atoms with Gasteiger partial charge in [-0.25, -0.2) is 27.5 Å². The standard InChI is InChI=1S/C25H19F10N5O2/c26-15-7-12(24(30,31)32)9-37-23(15)40-4-3-11(21(36)42)6-13(40)5-10-1-2-14(25(33,34)35)18(19(10)27)22-38-16(20(28)29)8-17(41)39-22/h1-2,7-9,11,13,20H,3-6H2,(H2,36,42)(H,38,39,41). The molecule has 0 spiro atoms. The molecule has 1 aromatic carbocycles. The highest BCUT2D eigenvalue weighted by Crippen LogP contribution is 2.40. The largest absolute Gasteiger partial charge is 0.417 e. The van der Waals surface area contributed by atoms with Crippen molar-refractivity contribution >= 4 is 11.7 Å². The topological polar surface area (TPSA) is 105 Å². The smallest absolute Gasteiger partial charge is 0.369 e. The summed E-state index contributed by atoms with van der Waals surface area (Å²) in [5.74, 6) is -6.37. The molecule has 0 radical (unpaired) electrons. The van der Waals surface area contributed by atoms with Crippen molar-refractivity contribution in [3.8, 4) is 11.4 Å². The van der Waals surface area contributed by atoms with Gasteiger partial charge in [0.05, 0.1) is 16.7 Å².